The molecule has 2 aromatic rings. The van der Waals surface area contributed by atoms with Crippen molar-refractivity contribution in [1.82, 2.24) is 14.7 Å². The van der Waals surface area contributed by atoms with Gasteiger partial charge < -0.3 is 10.2 Å². The van der Waals surface area contributed by atoms with Crippen LogP contribution in [0.3, 0.4) is 0 Å². The van der Waals surface area contributed by atoms with Crippen LogP contribution in [0.1, 0.15) is 70.4 Å². The Kier molecular flexibility index (Phi) is 6.14. The molecule has 2 unspecified atom stereocenters. The fraction of sp³-hybridized carbons (Fsp3) is 0.560. The number of carbonyl (C=O) groups is 1. The highest BCUT2D eigenvalue weighted by Gasteiger charge is 2.41. The van der Waals surface area contributed by atoms with Crippen LogP contribution in [0.4, 0.5) is 11.6 Å². The second-order valence-corrected chi connectivity index (χ2v) is 11.8. The van der Waals surface area contributed by atoms with Gasteiger partial charge in [0.2, 0.25) is 0 Å². The summed E-state index contributed by atoms with van der Waals surface area (Å²) in [6.07, 6.45) is 2.21. The zero-order valence-electron chi connectivity index (χ0n) is 20.0. The molecular formula is C25H35N5OS. The minimum Gasteiger partial charge on any atom is -0.370 e. The third kappa shape index (κ3) is 4.87. The van der Waals surface area contributed by atoms with E-state index >= 15 is 0 Å². The third-order valence-electron chi connectivity index (χ3n) is 6.44. The molecule has 172 valence electrons. The van der Waals surface area contributed by atoms with Gasteiger partial charge >= 0.3 is 0 Å². The standard InChI is InChI=1S/C25H35N5OS/c1-16-12-17-13-25(5,6)30(15-17)22-18(10-11-19(27-22)24(2,3)4)23(31)29-32-21-9-7-8-20(28-21)26-14-16/h7-11,16-17H,12-15H2,1-6H3,(H,26,28)(H,29,31). The minimum atomic E-state index is -0.138. The van der Waals surface area contributed by atoms with Crippen LogP contribution >= 0.6 is 11.9 Å². The summed E-state index contributed by atoms with van der Waals surface area (Å²) in [6.45, 7) is 15.1. The van der Waals surface area contributed by atoms with E-state index in [-0.39, 0.29) is 16.9 Å². The van der Waals surface area contributed by atoms with Gasteiger partial charge in [-0.3, -0.25) is 9.52 Å². The van der Waals surface area contributed by atoms with Crippen LogP contribution in [0.5, 0.6) is 0 Å². The first kappa shape index (κ1) is 22.9. The largest absolute Gasteiger partial charge is 0.370 e. The Balaban J connectivity index is 1.77. The van der Waals surface area contributed by atoms with Gasteiger partial charge in [-0.05, 0) is 62.8 Å². The molecule has 4 bridgehead atoms. The summed E-state index contributed by atoms with van der Waals surface area (Å²) in [4.78, 5) is 25.4. The van der Waals surface area contributed by atoms with E-state index in [4.69, 9.17) is 4.98 Å². The molecular weight excluding hydrogens is 418 g/mol. The second kappa shape index (κ2) is 8.58. The van der Waals surface area contributed by atoms with Crippen LogP contribution in [-0.2, 0) is 5.41 Å². The van der Waals surface area contributed by atoms with Crippen molar-refractivity contribution in [3.8, 4) is 0 Å². The van der Waals surface area contributed by atoms with Crippen molar-refractivity contribution >= 4 is 29.5 Å². The van der Waals surface area contributed by atoms with Crippen LogP contribution in [0.2, 0.25) is 0 Å². The summed E-state index contributed by atoms with van der Waals surface area (Å²) in [5.74, 6) is 2.57. The van der Waals surface area contributed by atoms with Gasteiger partial charge in [0.05, 0.1) is 5.56 Å². The molecule has 1 fully saturated rings. The van der Waals surface area contributed by atoms with Crippen molar-refractivity contribution in [2.75, 3.05) is 23.3 Å². The summed E-state index contributed by atoms with van der Waals surface area (Å²) in [5, 5.41) is 4.23. The average molecular weight is 454 g/mol. The van der Waals surface area contributed by atoms with E-state index in [1.165, 1.54) is 11.9 Å². The van der Waals surface area contributed by atoms with Gasteiger partial charge in [0.25, 0.3) is 5.91 Å². The predicted octanol–water partition coefficient (Wildman–Crippen LogP) is 5.27. The Morgan fingerprint density at radius 1 is 1.16 bits per heavy atom. The number of carbonyl (C=O) groups excluding carboxylic acids is 1. The lowest BCUT2D eigenvalue weighted by Crippen LogP contribution is -2.40. The molecule has 2 N–H and O–H groups in total. The Hall–Kier alpha value is -2.28. The van der Waals surface area contributed by atoms with Gasteiger partial charge in [-0.1, -0.05) is 33.8 Å². The number of anilines is 2. The van der Waals surface area contributed by atoms with Gasteiger partial charge in [-0.15, -0.1) is 0 Å². The molecule has 2 aliphatic heterocycles. The molecule has 2 atom stereocenters. The van der Waals surface area contributed by atoms with Gasteiger partial charge in [0.15, 0.2) is 0 Å². The van der Waals surface area contributed by atoms with Crippen molar-refractivity contribution in [3.63, 3.8) is 0 Å². The molecule has 0 aliphatic carbocycles. The second-order valence-electron chi connectivity index (χ2n) is 10.9. The molecule has 6 nitrogen and oxygen atoms in total. The molecule has 2 aromatic heterocycles. The minimum absolute atomic E-state index is 0.0631. The highest BCUT2D eigenvalue weighted by atomic mass is 32.2. The fourth-order valence-corrected chi connectivity index (χ4v) is 5.42. The van der Waals surface area contributed by atoms with Crippen LogP contribution in [0.25, 0.3) is 0 Å². The summed E-state index contributed by atoms with van der Waals surface area (Å²) in [6, 6.07) is 9.78. The maximum absolute atomic E-state index is 13.3. The zero-order chi connectivity index (χ0) is 23.1. The van der Waals surface area contributed by atoms with Crippen LogP contribution in [0, 0.1) is 11.8 Å². The molecule has 32 heavy (non-hydrogen) atoms. The zero-order valence-corrected chi connectivity index (χ0v) is 20.8. The molecule has 4 heterocycles. The highest BCUT2D eigenvalue weighted by molar-refractivity contribution is 7.97. The number of hydrogen-bond acceptors (Lipinski definition) is 6. The summed E-state index contributed by atoms with van der Waals surface area (Å²) in [7, 11) is 0. The number of pyridine rings is 2. The number of fused-ring (bicyclic) bond motifs is 6. The van der Waals surface area contributed by atoms with E-state index in [0.29, 0.717) is 17.4 Å². The predicted molar refractivity (Wildman–Crippen MR) is 132 cm³/mol. The van der Waals surface area contributed by atoms with E-state index in [1.54, 1.807) is 0 Å². The number of nitrogens with zero attached hydrogens (tertiary/aromatic N) is 3. The summed E-state index contributed by atoms with van der Waals surface area (Å²) in [5.41, 5.74) is 1.47. The van der Waals surface area contributed by atoms with Gasteiger partial charge in [0, 0.05) is 41.7 Å². The molecule has 0 saturated carbocycles. The average Bonchev–Trinajstić information content (AvgIpc) is 3.02. The van der Waals surface area contributed by atoms with Gasteiger partial charge in [-0.25, -0.2) is 9.97 Å². The molecule has 2 aliphatic rings. The first-order chi connectivity index (χ1) is 15.0. The van der Waals surface area contributed by atoms with Crippen molar-refractivity contribution in [1.29, 1.82) is 0 Å². The molecule has 7 heteroatoms. The fourth-order valence-electron chi connectivity index (χ4n) is 4.82. The number of aromatic nitrogens is 2. The number of nitrogens with one attached hydrogen (secondary N) is 2. The van der Waals surface area contributed by atoms with Gasteiger partial charge in [0.1, 0.15) is 16.7 Å². The van der Waals surface area contributed by atoms with E-state index in [1.807, 2.05) is 30.3 Å². The monoisotopic (exact) mass is 453 g/mol. The Morgan fingerprint density at radius 2 is 1.94 bits per heavy atom. The van der Waals surface area contributed by atoms with E-state index in [0.717, 1.165) is 48.3 Å². The number of amides is 1. The van der Waals surface area contributed by atoms with Crippen LogP contribution in [0.15, 0.2) is 35.4 Å². The summed E-state index contributed by atoms with van der Waals surface area (Å²) < 4.78 is 2.99. The maximum atomic E-state index is 13.3. The van der Waals surface area contributed by atoms with Crippen LogP contribution in [-0.4, -0.2) is 34.5 Å². The maximum Gasteiger partial charge on any atom is 0.265 e. The Morgan fingerprint density at radius 3 is 2.69 bits per heavy atom. The van der Waals surface area contributed by atoms with Crippen molar-refractivity contribution in [3.05, 3.63) is 41.6 Å². The lowest BCUT2D eigenvalue weighted by atomic mass is 9.89. The molecule has 0 spiro atoms. The molecule has 0 radical (unpaired) electrons. The van der Waals surface area contributed by atoms with Gasteiger partial charge in [-0.2, -0.15) is 0 Å². The highest BCUT2D eigenvalue weighted by Crippen LogP contribution is 2.40. The lowest BCUT2D eigenvalue weighted by molar-refractivity contribution is 0.0984. The third-order valence-corrected chi connectivity index (χ3v) is 7.17. The molecule has 1 saturated heterocycles. The molecule has 1 amide bonds. The smallest absolute Gasteiger partial charge is 0.265 e. The van der Waals surface area contributed by atoms with E-state index < -0.39 is 0 Å². The van der Waals surface area contributed by atoms with Crippen molar-refractivity contribution in [2.24, 2.45) is 11.8 Å². The number of rotatable bonds is 0. The normalized spacial score (nSPS) is 23.4. The quantitative estimate of drug-likeness (QED) is 0.530. The SMILES string of the molecule is CC1CNc2cccc(n2)SNC(=O)c2ccc(C(C)(C)C)nc2N2CC(C1)CC2(C)C. The Labute approximate surface area is 196 Å². The van der Waals surface area contributed by atoms with Crippen molar-refractivity contribution < 1.29 is 4.79 Å². The number of hydrogen-bond donors (Lipinski definition) is 2. The molecule has 0 aromatic carbocycles. The lowest BCUT2D eigenvalue weighted by Gasteiger charge is -2.34. The van der Waals surface area contributed by atoms with E-state index in [9.17, 15) is 4.79 Å². The first-order valence-electron chi connectivity index (χ1n) is 11.5. The topological polar surface area (TPSA) is 70.1 Å². The Bertz CT molecular complexity index is 1000. The van der Waals surface area contributed by atoms with Crippen molar-refractivity contribution in [2.45, 2.75) is 70.4 Å². The van der Waals surface area contributed by atoms with Crippen LogP contribution < -0.4 is 14.9 Å². The first-order valence-corrected chi connectivity index (χ1v) is 12.3. The molecule has 4 rings (SSSR count). The summed E-state index contributed by atoms with van der Waals surface area (Å²) >= 11 is 1.25. The van der Waals surface area contributed by atoms with E-state index in [2.05, 4.69) is 61.5 Å².